The second-order valence-electron chi connectivity index (χ2n) is 10.1. The molecular weight excluding hydrogens is 566 g/mol. The second kappa shape index (κ2) is 20.6. The van der Waals surface area contributed by atoms with Gasteiger partial charge in [-0.2, -0.15) is 0 Å². The Bertz CT molecular complexity index is 837. The Labute approximate surface area is 244 Å². The number of hydrogen-bond acceptors (Lipinski definition) is 7. The van der Waals surface area contributed by atoms with Gasteiger partial charge in [0.2, 0.25) is 0 Å². The zero-order valence-electron chi connectivity index (χ0n) is 25.1. The average Bonchev–Trinajstić information content (AvgIpc) is 2.90. The Morgan fingerprint density at radius 2 is 1.67 bits per heavy atom. The summed E-state index contributed by atoms with van der Waals surface area (Å²) < 4.78 is 22.7. The molecule has 1 heterocycles. The molecule has 1 aromatic carbocycles. The molecule has 0 radical (unpaired) electrons. The van der Waals surface area contributed by atoms with E-state index in [4.69, 9.17) is 18.9 Å². The minimum Gasteiger partial charge on any atom is -0.444 e. The van der Waals surface area contributed by atoms with Gasteiger partial charge in [-0.3, -0.25) is 4.79 Å². The number of carbonyl (C=O) groups is 3. The number of methoxy groups -OCH3 is 1. The molecule has 1 atom stereocenters. The van der Waals surface area contributed by atoms with E-state index in [1.807, 2.05) is 32.9 Å². The van der Waals surface area contributed by atoms with Gasteiger partial charge in [0.05, 0.1) is 19.8 Å². The van der Waals surface area contributed by atoms with Crippen LogP contribution in [0.3, 0.4) is 0 Å². The number of benzene rings is 1. The Morgan fingerprint density at radius 1 is 1.15 bits per heavy atom. The molecular formula is C30H48BrNO7. The fraction of sp³-hybridized carbons (Fsp3) is 0.633. The van der Waals surface area contributed by atoms with Crippen LogP contribution >= 0.6 is 15.9 Å². The van der Waals surface area contributed by atoms with Crippen molar-refractivity contribution < 1.29 is 33.3 Å². The van der Waals surface area contributed by atoms with Gasteiger partial charge < -0.3 is 28.6 Å². The van der Waals surface area contributed by atoms with E-state index in [0.717, 1.165) is 10.9 Å². The number of Topliss-reactive ketones (excluding diaryl/α,β-unsaturated/α-hetero) is 1. The van der Waals surface area contributed by atoms with E-state index in [1.54, 1.807) is 32.9 Å². The van der Waals surface area contributed by atoms with Crippen LogP contribution in [0.5, 0.6) is 0 Å². The fourth-order valence-electron chi connectivity index (χ4n) is 3.09. The minimum absolute atomic E-state index is 0.0226. The fourth-order valence-corrected chi connectivity index (χ4v) is 3.36. The molecule has 1 amide bonds. The molecule has 2 rings (SSSR count). The number of terminal acetylenes is 1. The van der Waals surface area contributed by atoms with E-state index in [9.17, 15) is 14.4 Å². The lowest BCUT2D eigenvalue weighted by atomic mass is 9.95. The first-order valence-electron chi connectivity index (χ1n) is 13.1. The molecule has 0 N–H and O–H groups in total. The highest BCUT2D eigenvalue weighted by Gasteiger charge is 2.32. The van der Waals surface area contributed by atoms with E-state index < -0.39 is 17.8 Å². The largest absolute Gasteiger partial charge is 0.444 e. The molecule has 1 aliphatic rings. The predicted molar refractivity (Wildman–Crippen MR) is 159 cm³/mol. The first-order chi connectivity index (χ1) is 18.3. The summed E-state index contributed by atoms with van der Waals surface area (Å²) in [5.74, 6) is -0.0537. The first kappa shape index (κ1) is 38.9. The lowest BCUT2D eigenvalue weighted by molar-refractivity contribution is -0.229. The van der Waals surface area contributed by atoms with Gasteiger partial charge in [-0.05, 0) is 39.3 Å². The van der Waals surface area contributed by atoms with Crippen LogP contribution in [0.1, 0.15) is 78.6 Å². The molecule has 0 saturated carbocycles. The van der Waals surface area contributed by atoms with Crippen molar-refractivity contribution in [3.8, 4) is 12.8 Å². The van der Waals surface area contributed by atoms with Crippen molar-refractivity contribution in [2.75, 3.05) is 33.4 Å². The SMILES string of the molecule is C#C.CC.CCCN(CC=O)C(=O)OC(C)(C)C.COC(CC1OCC(C)(C)CO1)C(=O)c1ccc(Br)cc1. The number of halogens is 1. The maximum Gasteiger partial charge on any atom is 0.410 e. The lowest BCUT2D eigenvalue weighted by Gasteiger charge is -2.35. The van der Waals surface area contributed by atoms with Gasteiger partial charge in [0.15, 0.2) is 12.1 Å². The molecule has 39 heavy (non-hydrogen) atoms. The summed E-state index contributed by atoms with van der Waals surface area (Å²) in [5.41, 5.74) is 0.141. The Hall–Kier alpha value is -2.25. The Kier molecular flexibility index (Phi) is 20.6. The maximum absolute atomic E-state index is 12.4. The number of ketones is 1. The number of nitrogens with zero attached hydrogens (tertiary/aromatic N) is 1. The van der Waals surface area contributed by atoms with Gasteiger partial charge >= 0.3 is 6.09 Å². The number of ether oxygens (including phenoxy) is 4. The van der Waals surface area contributed by atoms with Crippen molar-refractivity contribution >= 4 is 34.1 Å². The van der Waals surface area contributed by atoms with Crippen LogP contribution in [-0.2, 0) is 23.7 Å². The maximum atomic E-state index is 12.4. The number of aldehydes is 1. The van der Waals surface area contributed by atoms with Crippen LogP contribution < -0.4 is 0 Å². The van der Waals surface area contributed by atoms with E-state index in [2.05, 4.69) is 42.6 Å². The molecule has 1 saturated heterocycles. The summed E-state index contributed by atoms with van der Waals surface area (Å²) >= 11 is 3.36. The van der Waals surface area contributed by atoms with Crippen LogP contribution in [0.4, 0.5) is 4.79 Å². The van der Waals surface area contributed by atoms with E-state index >= 15 is 0 Å². The van der Waals surface area contributed by atoms with Crippen molar-refractivity contribution in [2.24, 2.45) is 5.41 Å². The highest BCUT2D eigenvalue weighted by molar-refractivity contribution is 9.10. The van der Waals surface area contributed by atoms with Crippen LogP contribution in [-0.4, -0.2) is 74.5 Å². The number of carbonyl (C=O) groups excluding carboxylic acids is 3. The van der Waals surface area contributed by atoms with Crippen molar-refractivity contribution in [1.82, 2.24) is 4.90 Å². The molecule has 0 aliphatic carbocycles. The third kappa shape index (κ3) is 17.1. The van der Waals surface area contributed by atoms with Crippen LogP contribution in [0, 0.1) is 18.3 Å². The average molecular weight is 615 g/mol. The summed E-state index contributed by atoms with van der Waals surface area (Å²) in [5, 5.41) is 0. The summed E-state index contributed by atoms with van der Waals surface area (Å²) in [6, 6.07) is 7.25. The number of amides is 1. The minimum atomic E-state index is -0.558. The zero-order chi connectivity index (χ0) is 30.6. The smallest absolute Gasteiger partial charge is 0.410 e. The standard InChI is InChI=1S/C16H21BrO4.C10H19NO3.C2H6.C2H2/c1-16(2)9-20-14(21-10-16)8-13(19-3)15(18)11-4-6-12(17)7-5-11;1-5-6-11(7-8-12)9(13)14-10(2,3)4;2*1-2/h4-7,13-14H,8-10H2,1-3H3;8H,5-7H2,1-4H3;1-2H3;1-2H. The van der Waals surface area contributed by atoms with Gasteiger partial charge in [0.25, 0.3) is 0 Å². The Balaban J connectivity index is 0. The van der Waals surface area contributed by atoms with Crippen molar-refractivity contribution in [2.45, 2.75) is 86.2 Å². The molecule has 1 unspecified atom stereocenters. The van der Waals surface area contributed by atoms with Gasteiger partial charge in [-0.25, -0.2) is 4.79 Å². The van der Waals surface area contributed by atoms with Gasteiger partial charge in [0.1, 0.15) is 18.0 Å². The molecule has 1 aromatic rings. The van der Waals surface area contributed by atoms with E-state index in [1.165, 1.54) is 12.0 Å². The highest BCUT2D eigenvalue weighted by Crippen LogP contribution is 2.26. The van der Waals surface area contributed by atoms with Gasteiger partial charge in [-0.1, -0.05) is 62.7 Å². The normalized spacial score (nSPS) is 15.0. The van der Waals surface area contributed by atoms with Crippen molar-refractivity contribution in [3.63, 3.8) is 0 Å². The molecule has 222 valence electrons. The van der Waals surface area contributed by atoms with Crippen LogP contribution in [0.25, 0.3) is 0 Å². The first-order valence-corrected chi connectivity index (χ1v) is 13.9. The second-order valence-corrected chi connectivity index (χ2v) is 11.1. The topological polar surface area (TPSA) is 91.4 Å². The summed E-state index contributed by atoms with van der Waals surface area (Å²) in [7, 11) is 1.54. The van der Waals surface area contributed by atoms with E-state index in [0.29, 0.717) is 38.0 Å². The molecule has 1 aliphatic heterocycles. The van der Waals surface area contributed by atoms with Crippen LogP contribution in [0.2, 0.25) is 0 Å². The zero-order valence-corrected chi connectivity index (χ0v) is 26.7. The van der Waals surface area contributed by atoms with Gasteiger partial charge in [-0.15, -0.1) is 12.8 Å². The molecule has 0 aromatic heterocycles. The molecule has 0 bridgehead atoms. The Morgan fingerprint density at radius 3 is 2.08 bits per heavy atom. The number of rotatable bonds is 9. The summed E-state index contributed by atoms with van der Waals surface area (Å²) in [6.45, 7) is 17.4. The number of hydrogen-bond donors (Lipinski definition) is 0. The third-order valence-corrected chi connectivity index (χ3v) is 5.40. The van der Waals surface area contributed by atoms with Crippen molar-refractivity contribution in [1.29, 1.82) is 0 Å². The third-order valence-electron chi connectivity index (χ3n) is 4.87. The van der Waals surface area contributed by atoms with E-state index in [-0.39, 0.29) is 24.0 Å². The summed E-state index contributed by atoms with van der Waals surface area (Å²) in [6.07, 6.45) is 8.56. The lowest BCUT2D eigenvalue weighted by Crippen LogP contribution is -2.40. The monoisotopic (exact) mass is 613 g/mol. The molecule has 9 heteroatoms. The molecule has 1 fully saturated rings. The molecule has 8 nitrogen and oxygen atoms in total. The molecule has 0 spiro atoms. The predicted octanol–water partition coefficient (Wildman–Crippen LogP) is 6.54. The van der Waals surface area contributed by atoms with Crippen LogP contribution in [0.15, 0.2) is 28.7 Å². The van der Waals surface area contributed by atoms with Crippen molar-refractivity contribution in [3.05, 3.63) is 34.3 Å². The quantitative estimate of drug-likeness (QED) is 0.177. The summed E-state index contributed by atoms with van der Waals surface area (Å²) in [4.78, 5) is 35.6. The highest BCUT2D eigenvalue weighted by atomic mass is 79.9. The van der Waals surface area contributed by atoms with Gasteiger partial charge in [0, 0.05) is 35.5 Å².